The molecule has 2 N–H and O–H groups in total. The van der Waals surface area contributed by atoms with Crippen LogP contribution < -0.4 is 5.32 Å². The van der Waals surface area contributed by atoms with E-state index in [9.17, 15) is 9.90 Å². The maximum absolute atomic E-state index is 11.1. The summed E-state index contributed by atoms with van der Waals surface area (Å²) >= 11 is 0. The molecule has 1 atom stereocenters. The van der Waals surface area contributed by atoms with Crippen LogP contribution in [-0.2, 0) is 4.79 Å². The Bertz CT molecular complexity index is 253. The fraction of sp³-hybridized carbons (Fsp3) is 0.667. The van der Waals surface area contributed by atoms with E-state index in [0.29, 0.717) is 5.57 Å². The third-order valence-corrected chi connectivity index (χ3v) is 1.99. The van der Waals surface area contributed by atoms with Gasteiger partial charge in [0.15, 0.2) is 0 Å². The highest BCUT2D eigenvalue weighted by atomic mass is 16.3. The van der Waals surface area contributed by atoms with Gasteiger partial charge in [0.25, 0.3) is 5.91 Å². The topological polar surface area (TPSA) is 52.6 Å². The van der Waals surface area contributed by atoms with E-state index in [1.807, 2.05) is 20.8 Å². The molecule has 0 saturated heterocycles. The van der Waals surface area contributed by atoms with Gasteiger partial charge in [0, 0.05) is 17.3 Å². The minimum absolute atomic E-state index is 0.200. The Morgan fingerprint density at radius 3 is 2.54 bits per heavy atom. The standard InChI is InChI=1S/C9H16N2O2/c1-6-5-11(9(2,3)4)8(13)10-7(6)12/h5,8,13H,1-4H3,(H,10,12). The fourth-order valence-corrected chi connectivity index (χ4v) is 1.20. The summed E-state index contributed by atoms with van der Waals surface area (Å²) in [7, 11) is 0. The van der Waals surface area contributed by atoms with Gasteiger partial charge in [-0.05, 0) is 27.7 Å². The molecule has 1 aliphatic heterocycles. The van der Waals surface area contributed by atoms with Crippen molar-refractivity contribution in [2.75, 3.05) is 0 Å². The smallest absolute Gasteiger partial charge is 0.251 e. The Morgan fingerprint density at radius 1 is 1.54 bits per heavy atom. The molecule has 1 aliphatic rings. The summed E-state index contributed by atoms with van der Waals surface area (Å²) in [6.45, 7) is 7.63. The lowest BCUT2D eigenvalue weighted by Crippen LogP contribution is -2.56. The van der Waals surface area contributed by atoms with Gasteiger partial charge in [0.05, 0.1) is 0 Å². The van der Waals surface area contributed by atoms with E-state index in [-0.39, 0.29) is 11.4 Å². The lowest BCUT2D eigenvalue weighted by molar-refractivity contribution is -0.129. The fourth-order valence-electron chi connectivity index (χ4n) is 1.20. The molecule has 1 heterocycles. The van der Waals surface area contributed by atoms with E-state index < -0.39 is 6.35 Å². The van der Waals surface area contributed by atoms with Gasteiger partial charge in [-0.15, -0.1) is 0 Å². The highest BCUT2D eigenvalue weighted by molar-refractivity contribution is 5.93. The SMILES string of the molecule is CC1=CN(C(C)(C)C)C(O)NC1=O. The molecule has 0 aliphatic carbocycles. The predicted molar refractivity (Wildman–Crippen MR) is 49.5 cm³/mol. The first-order chi connectivity index (χ1) is 5.82. The molecule has 0 spiro atoms. The zero-order chi connectivity index (χ0) is 10.2. The van der Waals surface area contributed by atoms with Crippen LogP contribution in [0.5, 0.6) is 0 Å². The quantitative estimate of drug-likeness (QED) is 0.573. The number of carbonyl (C=O) groups is 1. The van der Waals surface area contributed by atoms with Crippen molar-refractivity contribution in [2.45, 2.75) is 39.6 Å². The van der Waals surface area contributed by atoms with Gasteiger partial charge in [-0.25, -0.2) is 0 Å². The molecule has 4 nitrogen and oxygen atoms in total. The molecule has 1 rings (SSSR count). The largest absolute Gasteiger partial charge is 0.356 e. The van der Waals surface area contributed by atoms with Gasteiger partial charge < -0.3 is 15.3 Å². The Morgan fingerprint density at radius 2 is 2.08 bits per heavy atom. The number of rotatable bonds is 0. The van der Waals surface area contributed by atoms with E-state index in [0.717, 1.165) is 0 Å². The molecule has 1 unspecified atom stereocenters. The van der Waals surface area contributed by atoms with Crippen molar-refractivity contribution < 1.29 is 9.90 Å². The van der Waals surface area contributed by atoms with E-state index in [4.69, 9.17) is 0 Å². The van der Waals surface area contributed by atoms with E-state index in [1.165, 1.54) is 0 Å². The summed E-state index contributed by atoms with van der Waals surface area (Å²) < 4.78 is 0. The van der Waals surface area contributed by atoms with E-state index in [2.05, 4.69) is 5.32 Å². The first-order valence-electron chi connectivity index (χ1n) is 4.28. The van der Waals surface area contributed by atoms with Crippen molar-refractivity contribution in [3.8, 4) is 0 Å². The molecule has 0 fully saturated rings. The van der Waals surface area contributed by atoms with Crippen LogP contribution in [0.2, 0.25) is 0 Å². The molecule has 4 heteroatoms. The number of hydrogen-bond donors (Lipinski definition) is 2. The third kappa shape index (κ3) is 2.01. The number of nitrogens with one attached hydrogen (secondary N) is 1. The van der Waals surface area contributed by atoms with E-state index >= 15 is 0 Å². The molecular formula is C9H16N2O2. The second kappa shape index (κ2) is 3.03. The molecule has 1 amide bonds. The van der Waals surface area contributed by atoms with Crippen molar-refractivity contribution >= 4 is 5.91 Å². The van der Waals surface area contributed by atoms with Gasteiger partial charge in [0.1, 0.15) is 0 Å². The maximum Gasteiger partial charge on any atom is 0.251 e. The van der Waals surface area contributed by atoms with Crippen LogP contribution in [0.15, 0.2) is 11.8 Å². The van der Waals surface area contributed by atoms with Crippen LogP contribution >= 0.6 is 0 Å². The Kier molecular flexibility index (Phi) is 2.34. The second-order valence-electron chi connectivity index (χ2n) is 4.24. The van der Waals surface area contributed by atoms with Crippen molar-refractivity contribution in [1.29, 1.82) is 0 Å². The van der Waals surface area contributed by atoms with E-state index in [1.54, 1.807) is 18.0 Å². The van der Waals surface area contributed by atoms with Crippen LogP contribution in [0.3, 0.4) is 0 Å². The van der Waals surface area contributed by atoms with Gasteiger partial charge in [-0.3, -0.25) is 4.79 Å². The number of amides is 1. The summed E-state index contributed by atoms with van der Waals surface area (Å²) in [4.78, 5) is 12.8. The lowest BCUT2D eigenvalue weighted by Gasteiger charge is -2.41. The first-order valence-corrected chi connectivity index (χ1v) is 4.28. The summed E-state index contributed by atoms with van der Waals surface area (Å²) in [5.74, 6) is -0.215. The Balaban J connectivity index is 2.94. The summed E-state index contributed by atoms with van der Waals surface area (Å²) in [5, 5.41) is 12.0. The highest BCUT2D eigenvalue weighted by Crippen LogP contribution is 2.19. The zero-order valence-electron chi connectivity index (χ0n) is 8.46. The minimum atomic E-state index is -0.920. The average Bonchev–Trinajstić information content (AvgIpc) is 1.94. The minimum Gasteiger partial charge on any atom is -0.356 e. The monoisotopic (exact) mass is 184 g/mol. The summed E-state index contributed by atoms with van der Waals surface area (Å²) in [6.07, 6.45) is 0.764. The molecule has 13 heavy (non-hydrogen) atoms. The van der Waals surface area contributed by atoms with Gasteiger partial charge >= 0.3 is 0 Å². The van der Waals surface area contributed by atoms with Crippen molar-refractivity contribution in [3.63, 3.8) is 0 Å². The van der Waals surface area contributed by atoms with Gasteiger partial charge in [-0.2, -0.15) is 0 Å². The molecule has 0 saturated carbocycles. The average molecular weight is 184 g/mol. The normalized spacial score (nSPS) is 24.1. The number of nitrogens with zero attached hydrogens (tertiary/aromatic N) is 1. The molecule has 0 aromatic heterocycles. The molecule has 0 radical (unpaired) electrons. The molecular weight excluding hydrogens is 168 g/mol. The summed E-state index contributed by atoms with van der Waals surface area (Å²) in [5.41, 5.74) is 0.411. The number of carbonyl (C=O) groups excluding carboxylic acids is 1. The Hall–Kier alpha value is -1.03. The van der Waals surface area contributed by atoms with Crippen LogP contribution in [-0.4, -0.2) is 27.8 Å². The maximum atomic E-state index is 11.1. The first kappa shape index (κ1) is 10.1. The number of aliphatic hydroxyl groups is 1. The van der Waals surface area contributed by atoms with Crippen molar-refractivity contribution in [2.24, 2.45) is 0 Å². The second-order valence-corrected chi connectivity index (χ2v) is 4.24. The Labute approximate surface area is 78.2 Å². The van der Waals surface area contributed by atoms with Crippen LogP contribution in [0.4, 0.5) is 0 Å². The molecule has 0 aromatic carbocycles. The molecule has 74 valence electrons. The van der Waals surface area contributed by atoms with Gasteiger partial charge in [0.2, 0.25) is 6.35 Å². The number of aliphatic hydroxyl groups excluding tert-OH is 1. The third-order valence-electron chi connectivity index (χ3n) is 1.99. The van der Waals surface area contributed by atoms with Gasteiger partial charge in [-0.1, -0.05) is 0 Å². The highest BCUT2D eigenvalue weighted by Gasteiger charge is 2.30. The van der Waals surface area contributed by atoms with Crippen molar-refractivity contribution in [3.05, 3.63) is 11.8 Å². The number of hydrogen-bond acceptors (Lipinski definition) is 3. The summed E-state index contributed by atoms with van der Waals surface area (Å²) in [6, 6.07) is 0. The van der Waals surface area contributed by atoms with Crippen LogP contribution in [0, 0.1) is 0 Å². The van der Waals surface area contributed by atoms with Crippen LogP contribution in [0.25, 0.3) is 0 Å². The lowest BCUT2D eigenvalue weighted by atomic mass is 10.1. The molecule has 0 bridgehead atoms. The zero-order valence-corrected chi connectivity index (χ0v) is 8.46. The van der Waals surface area contributed by atoms with Crippen molar-refractivity contribution in [1.82, 2.24) is 10.2 Å². The van der Waals surface area contributed by atoms with Crippen LogP contribution in [0.1, 0.15) is 27.7 Å². The predicted octanol–water partition coefficient (Wildman–Crippen LogP) is 0.396. The molecule has 0 aromatic rings.